The fourth-order valence-electron chi connectivity index (χ4n) is 2.56. The Kier molecular flexibility index (Phi) is 3.88. The maximum absolute atomic E-state index is 11.5. The number of ether oxygens (including phenoxy) is 1. The molecule has 0 saturated heterocycles. The van der Waals surface area contributed by atoms with E-state index >= 15 is 0 Å². The molecule has 0 spiro atoms. The average Bonchev–Trinajstić information content (AvgIpc) is 3.06. The number of halogens is 1. The van der Waals surface area contributed by atoms with Gasteiger partial charge in [-0.1, -0.05) is 6.42 Å². The second-order valence-electron chi connectivity index (χ2n) is 5.03. The SMILES string of the molecule is O=C(O)c1c(OC2CCCCC2)cnn1-c1ccc(Cl)o1. The number of rotatable bonds is 4. The summed E-state index contributed by atoms with van der Waals surface area (Å²) in [6.45, 7) is 0. The van der Waals surface area contributed by atoms with Gasteiger partial charge in [0.2, 0.25) is 5.88 Å². The Morgan fingerprint density at radius 2 is 2.14 bits per heavy atom. The molecule has 0 atom stereocenters. The van der Waals surface area contributed by atoms with Crippen LogP contribution in [0.1, 0.15) is 42.6 Å². The smallest absolute Gasteiger partial charge is 0.358 e. The normalized spacial score (nSPS) is 16.0. The van der Waals surface area contributed by atoms with E-state index in [1.54, 1.807) is 6.07 Å². The number of carbonyl (C=O) groups is 1. The van der Waals surface area contributed by atoms with Gasteiger partial charge >= 0.3 is 5.97 Å². The molecule has 112 valence electrons. The van der Waals surface area contributed by atoms with Gasteiger partial charge in [-0.2, -0.15) is 9.78 Å². The zero-order valence-corrected chi connectivity index (χ0v) is 12.0. The van der Waals surface area contributed by atoms with Gasteiger partial charge in [0.05, 0.1) is 12.3 Å². The number of carboxylic acids is 1. The molecule has 2 aromatic rings. The van der Waals surface area contributed by atoms with Crippen LogP contribution in [0, 0.1) is 0 Å². The third-order valence-electron chi connectivity index (χ3n) is 3.55. The minimum atomic E-state index is -1.12. The lowest BCUT2D eigenvalue weighted by Gasteiger charge is -2.22. The molecule has 2 aromatic heterocycles. The lowest BCUT2D eigenvalue weighted by molar-refractivity contribution is 0.0675. The van der Waals surface area contributed by atoms with Gasteiger partial charge in [0.15, 0.2) is 16.7 Å². The first-order valence-corrected chi connectivity index (χ1v) is 7.26. The predicted octanol–water partition coefficient (Wildman–Crippen LogP) is 3.53. The summed E-state index contributed by atoms with van der Waals surface area (Å²) in [6.07, 6.45) is 6.76. The van der Waals surface area contributed by atoms with E-state index in [9.17, 15) is 9.90 Å². The average molecular weight is 311 g/mol. The lowest BCUT2D eigenvalue weighted by Crippen LogP contribution is -2.21. The molecule has 1 saturated carbocycles. The Morgan fingerprint density at radius 1 is 1.38 bits per heavy atom. The Labute approximate surface area is 126 Å². The highest BCUT2D eigenvalue weighted by atomic mass is 35.5. The van der Waals surface area contributed by atoms with Crippen molar-refractivity contribution in [2.75, 3.05) is 0 Å². The highest BCUT2D eigenvalue weighted by Gasteiger charge is 2.25. The fourth-order valence-corrected chi connectivity index (χ4v) is 2.71. The van der Waals surface area contributed by atoms with Gasteiger partial charge in [-0.3, -0.25) is 0 Å². The Hall–Kier alpha value is -1.95. The molecule has 3 rings (SSSR count). The van der Waals surface area contributed by atoms with Crippen LogP contribution in [0.5, 0.6) is 5.75 Å². The van der Waals surface area contributed by atoms with Crippen LogP contribution in [-0.2, 0) is 0 Å². The predicted molar refractivity (Wildman–Crippen MR) is 75.3 cm³/mol. The molecular weight excluding hydrogens is 296 g/mol. The van der Waals surface area contributed by atoms with Crippen molar-refractivity contribution in [1.82, 2.24) is 9.78 Å². The topological polar surface area (TPSA) is 77.5 Å². The standard InChI is InChI=1S/C14H15ClN2O4/c15-11-6-7-12(21-11)17-13(14(18)19)10(8-16-17)20-9-4-2-1-3-5-9/h6-9H,1-5H2,(H,18,19). The largest absolute Gasteiger partial charge is 0.486 e. The highest BCUT2D eigenvalue weighted by molar-refractivity contribution is 6.28. The van der Waals surface area contributed by atoms with Crippen LogP contribution in [0.25, 0.3) is 5.88 Å². The first kappa shape index (κ1) is 14.0. The van der Waals surface area contributed by atoms with Gasteiger partial charge in [0.25, 0.3) is 0 Å². The molecule has 1 aliphatic rings. The van der Waals surface area contributed by atoms with Gasteiger partial charge in [-0.25, -0.2) is 4.79 Å². The minimum absolute atomic E-state index is 0.0495. The van der Waals surface area contributed by atoms with Crippen molar-refractivity contribution in [3.63, 3.8) is 0 Å². The third-order valence-corrected chi connectivity index (χ3v) is 3.75. The van der Waals surface area contributed by atoms with E-state index in [2.05, 4.69) is 5.10 Å². The van der Waals surface area contributed by atoms with Crippen LogP contribution in [0.15, 0.2) is 22.7 Å². The maximum Gasteiger partial charge on any atom is 0.358 e. The van der Waals surface area contributed by atoms with Gasteiger partial charge in [0.1, 0.15) is 0 Å². The summed E-state index contributed by atoms with van der Waals surface area (Å²) < 4.78 is 12.2. The molecule has 1 fully saturated rings. The van der Waals surface area contributed by atoms with Crippen LogP contribution in [0.4, 0.5) is 0 Å². The number of furan rings is 1. The number of aromatic carboxylic acids is 1. The van der Waals surface area contributed by atoms with E-state index in [0.29, 0.717) is 0 Å². The van der Waals surface area contributed by atoms with E-state index in [1.165, 1.54) is 23.4 Å². The molecule has 2 heterocycles. The van der Waals surface area contributed by atoms with E-state index in [4.69, 9.17) is 20.8 Å². The summed E-state index contributed by atoms with van der Waals surface area (Å²) in [5.41, 5.74) is -0.0495. The molecule has 0 aliphatic heterocycles. The fraction of sp³-hybridized carbons (Fsp3) is 0.429. The van der Waals surface area contributed by atoms with E-state index in [1.807, 2.05) is 0 Å². The molecule has 21 heavy (non-hydrogen) atoms. The summed E-state index contributed by atoms with van der Waals surface area (Å²) in [5.74, 6) is -0.608. The second-order valence-corrected chi connectivity index (χ2v) is 5.40. The molecule has 0 amide bonds. The van der Waals surface area contributed by atoms with E-state index < -0.39 is 5.97 Å². The Morgan fingerprint density at radius 3 is 2.76 bits per heavy atom. The molecule has 1 aliphatic carbocycles. The third kappa shape index (κ3) is 2.90. The molecule has 6 nitrogen and oxygen atoms in total. The first-order chi connectivity index (χ1) is 10.1. The quantitative estimate of drug-likeness (QED) is 0.934. The van der Waals surface area contributed by atoms with Crippen molar-refractivity contribution in [3.05, 3.63) is 29.2 Å². The van der Waals surface area contributed by atoms with Gasteiger partial charge in [-0.15, -0.1) is 0 Å². The van der Waals surface area contributed by atoms with Crippen molar-refractivity contribution in [2.24, 2.45) is 0 Å². The number of carboxylic acid groups (broad SMARTS) is 1. The van der Waals surface area contributed by atoms with Gasteiger partial charge in [-0.05, 0) is 43.4 Å². The van der Waals surface area contributed by atoms with Crippen molar-refractivity contribution < 1.29 is 19.1 Å². The van der Waals surface area contributed by atoms with E-state index in [-0.39, 0.29) is 28.7 Å². The van der Waals surface area contributed by atoms with Crippen LogP contribution in [0.2, 0.25) is 5.22 Å². The Balaban J connectivity index is 1.90. The summed E-state index contributed by atoms with van der Waals surface area (Å²) in [7, 11) is 0. The molecule has 0 unspecified atom stereocenters. The van der Waals surface area contributed by atoms with E-state index in [0.717, 1.165) is 25.7 Å². The number of nitrogens with zero attached hydrogens (tertiary/aromatic N) is 2. The van der Waals surface area contributed by atoms with Crippen molar-refractivity contribution >= 4 is 17.6 Å². The molecule has 0 radical (unpaired) electrons. The zero-order valence-electron chi connectivity index (χ0n) is 11.3. The highest BCUT2D eigenvalue weighted by Crippen LogP contribution is 2.28. The molecule has 0 bridgehead atoms. The molecular formula is C14H15ClN2O4. The minimum Gasteiger partial charge on any atom is -0.486 e. The maximum atomic E-state index is 11.5. The molecule has 7 heteroatoms. The number of aromatic nitrogens is 2. The lowest BCUT2D eigenvalue weighted by atomic mass is 9.98. The van der Waals surface area contributed by atoms with Crippen LogP contribution in [0.3, 0.4) is 0 Å². The van der Waals surface area contributed by atoms with Crippen LogP contribution < -0.4 is 4.74 Å². The summed E-state index contributed by atoms with van der Waals surface area (Å²) in [6, 6.07) is 3.10. The van der Waals surface area contributed by atoms with Gasteiger partial charge < -0.3 is 14.3 Å². The van der Waals surface area contributed by atoms with Crippen LogP contribution in [-0.4, -0.2) is 27.0 Å². The Bertz CT molecular complexity index is 643. The summed E-state index contributed by atoms with van der Waals surface area (Å²) in [5, 5.41) is 13.6. The van der Waals surface area contributed by atoms with Crippen LogP contribution >= 0.6 is 11.6 Å². The summed E-state index contributed by atoms with van der Waals surface area (Å²) >= 11 is 5.72. The van der Waals surface area contributed by atoms with Gasteiger partial charge in [0, 0.05) is 6.07 Å². The zero-order chi connectivity index (χ0) is 14.8. The monoisotopic (exact) mass is 310 g/mol. The van der Waals surface area contributed by atoms with Crippen molar-refractivity contribution in [3.8, 4) is 11.6 Å². The number of hydrogen-bond acceptors (Lipinski definition) is 4. The molecule has 1 N–H and O–H groups in total. The number of hydrogen-bond donors (Lipinski definition) is 1. The van der Waals surface area contributed by atoms with Crippen molar-refractivity contribution in [2.45, 2.75) is 38.2 Å². The van der Waals surface area contributed by atoms with Crippen molar-refractivity contribution in [1.29, 1.82) is 0 Å². The first-order valence-electron chi connectivity index (χ1n) is 6.89. The second kappa shape index (κ2) is 5.81. The summed E-state index contributed by atoms with van der Waals surface area (Å²) in [4.78, 5) is 11.5. The molecule has 0 aromatic carbocycles.